The molecule has 35 heavy (non-hydrogen) atoms. The Kier molecular flexibility index (Phi) is 8.07. The molecule has 3 aromatic carbocycles. The van der Waals surface area contributed by atoms with Crippen molar-refractivity contribution in [2.24, 2.45) is 0 Å². The Morgan fingerprint density at radius 1 is 1.09 bits per heavy atom. The fraction of sp³-hybridized carbons (Fsp3) is 0.192. The van der Waals surface area contributed by atoms with E-state index < -0.39 is 0 Å². The normalized spacial score (nSPS) is 10.9. The SMILES string of the molecule is COCCNC(=O)c1ccc2c(=O)n(-c3cccc(OC)c3)c(SCc3ccccc3Cl)nc2c1. The number of halogens is 1. The number of nitrogens with zero attached hydrogens (tertiary/aromatic N) is 2. The molecule has 1 heterocycles. The van der Waals surface area contributed by atoms with Crippen molar-refractivity contribution in [1.29, 1.82) is 0 Å². The minimum atomic E-state index is -0.256. The summed E-state index contributed by atoms with van der Waals surface area (Å²) in [5.41, 5.74) is 2.18. The number of methoxy groups -OCH3 is 2. The van der Waals surface area contributed by atoms with Gasteiger partial charge < -0.3 is 14.8 Å². The van der Waals surface area contributed by atoms with Crippen LogP contribution in [0.1, 0.15) is 15.9 Å². The molecule has 4 aromatic rings. The van der Waals surface area contributed by atoms with Gasteiger partial charge in [-0.05, 0) is 42.0 Å². The number of rotatable bonds is 9. The lowest BCUT2D eigenvalue weighted by Gasteiger charge is -2.15. The van der Waals surface area contributed by atoms with Gasteiger partial charge in [-0.15, -0.1) is 0 Å². The van der Waals surface area contributed by atoms with E-state index >= 15 is 0 Å². The topological polar surface area (TPSA) is 82.5 Å². The third kappa shape index (κ3) is 5.67. The number of thioether (sulfide) groups is 1. The van der Waals surface area contributed by atoms with Crippen LogP contribution in [0.5, 0.6) is 5.75 Å². The number of ether oxygens (including phenoxy) is 2. The average molecular weight is 510 g/mol. The molecular formula is C26H24ClN3O4S. The molecule has 0 saturated carbocycles. The molecule has 0 saturated heterocycles. The predicted octanol–water partition coefficient (Wildman–Crippen LogP) is 4.72. The van der Waals surface area contributed by atoms with E-state index in [1.165, 1.54) is 11.8 Å². The highest BCUT2D eigenvalue weighted by Crippen LogP contribution is 2.28. The van der Waals surface area contributed by atoms with Gasteiger partial charge in [0.05, 0.1) is 30.3 Å². The molecule has 7 nitrogen and oxygen atoms in total. The van der Waals surface area contributed by atoms with Gasteiger partial charge in [-0.2, -0.15) is 0 Å². The van der Waals surface area contributed by atoms with Gasteiger partial charge in [-0.3, -0.25) is 14.2 Å². The standard InChI is InChI=1S/C26H24ClN3O4S/c1-33-13-12-28-24(31)17-10-11-21-23(14-17)29-26(35-16-18-6-3-4-9-22(18)27)30(25(21)32)19-7-5-8-20(15-19)34-2/h3-11,14-15H,12-13,16H2,1-2H3,(H,28,31). The van der Waals surface area contributed by atoms with E-state index in [0.29, 0.717) is 57.0 Å². The molecule has 0 fully saturated rings. The number of carbonyl (C=O) groups is 1. The summed E-state index contributed by atoms with van der Waals surface area (Å²) in [6, 6.07) is 19.7. The highest BCUT2D eigenvalue weighted by atomic mass is 35.5. The van der Waals surface area contributed by atoms with Crippen LogP contribution < -0.4 is 15.6 Å². The molecule has 0 spiro atoms. The number of amides is 1. The van der Waals surface area contributed by atoms with Crippen LogP contribution in [0, 0.1) is 0 Å². The maximum Gasteiger partial charge on any atom is 0.266 e. The summed E-state index contributed by atoms with van der Waals surface area (Å²) >= 11 is 7.74. The van der Waals surface area contributed by atoms with E-state index in [-0.39, 0.29) is 11.5 Å². The highest BCUT2D eigenvalue weighted by Gasteiger charge is 2.16. The largest absolute Gasteiger partial charge is 0.497 e. The van der Waals surface area contributed by atoms with Gasteiger partial charge in [-0.1, -0.05) is 47.6 Å². The van der Waals surface area contributed by atoms with Crippen molar-refractivity contribution in [2.45, 2.75) is 10.9 Å². The molecule has 0 radical (unpaired) electrons. The Bertz CT molecular complexity index is 1420. The Labute approximate surface area is 212 Å². The molecule has 0 unspecified atom stereocenters. The first-order valence-electron chi connectivity index (χ1n) is 10.9. The monoisotopic (exact) mass is 509 g/mol. The molecule has 0 aliphatic heterocycles. The van der Waals surface area contributed by atoms with Crippen LogP contribution in [0.4, 0.5) is 0 Å². The summed E-state index contributed by atoms with van der Waals surface area (Å²) in [5, 5.41) is 4.32. The van der Waals surface area contributed by atoms with E-state index in [2.05, 4.69) is 5.32 Å². The van der Waals surface area contributed by atoms with Crippen LogP contribution in [-0.4, -0.2) is 42.8 Å². The van der Waals surface area contributed by atoms with Crippen LogP contribution in [-0.2, 0) is 10.5 Å². The molecular weight excluding hydrogens is 486 g/mol. The maximum atomic E-state index is 13.6. The third-order valence-corrected chi connectivity index (χ3v) is 6.67. The van der Waals surface area contributed by atoms with Crippen molar-refractivity contribution in [1.82, 2.24) is 14.9 Å². The molecule has 0 bridgehead atoms. The van der Waals surface area contributed by atoms with Crippen molar-refractivity contribution in [3.05, 3.63) is 93.2 Å². The molecule has 1 amide bonds. The van der Waals surface area contributed by atoms with Crippen molar-refractivity contribution < 1.29 is 14.3 Å². The number of carbonyl (C=O) groups excluding carboxylic acids is 1. The van der Waals surface area contributed by atoms with Crippen LogP contribution >= 0.6 is 23.4 Å². The molecule has 1 aromatic heterocycles. The number of fused-ring (bicyclic) bond motifs is 1. The first-order valence-corrected chi connectivity index (χ1v) is 12.2. The van der Waals surface area contributed by atoms with E-state index in [9.17, 15) is 9.59 Å². The zero-order chi connectivity index (χ0) is 24.8. The van der Waals surface area contributed by atoms with Crippen LogP contribution in [0.25, 0.3) is 16.6 Å². The van der Waals surface area contributed by atoms with Gasteiger partial charge >= 0.3 is 0 Å². The van der Waals surface area contributed by atoms with E-state index in [1.807, 2.05) is 42.5 Å². The van der Waals surface area contributed by atoms with Crippen molar-refractivity contribution in [2.75, 3.05) is 27.4 Å². The Morgan fingerprint density at radius 3 is 2.69 bits per heavy atom. The Balaban J connectivity index is 1.80. The molecule has 4 rings (SSSR count). The third-order valence-electron chi connectivity index (χ3n) is 5.32. The Hall–Kier alpha value is -3.33. The fourth-order valence-corrected chi connectivity index (χ4v) is 4.81. The summed E-state index contributed by atoms with van der Waals surface area (Å²) in [6.45, 7) is 0.794. The van der Waals surface area contributed by atoms with Gasteiger partial charge in [0.25, 0.3) is 11.5 Å². The van der Waals surface area contributed by atoms with E-state index in [0.717, 1.165) is 5.56 Å². The van der Waals surface area contributed by atoms with Crippen LogP contribution in [0.15, 0.2) is 76.7 Å². The highest BCUT2D eigenvalue weighted by molar-refractivity contribution is 7.98. The molecule has 0 aliphatic carbocycles. The van der Waals surface area contributed by atoms with Crippen molar-refractivity contribution in [3.63, 3.8) is 0 Å². The smallest absolute Gasteiger partial charge is 0.266 e. The van der Waals surface area contributed by atoms with Gasteiger partial charge in [-0.25, -0.2) is 4.98 Å². The quantitative estimate of drug-likeness (QED) is 0.200. The lowest BCUT2D eigenvalue weighted by Crippen LogP contribution is -2.27. The minimum absolute atomic E-state index is 0.240. The zero-order valence-corrected chi connectivity index (χ0v) is 20.9. The number of hydrogen-bond donors (Lipinski definition) is 1. The Morgan fingerprint density at radius 2 is 1.91 bits per heavy atom. The van der Waals surface area contributed by atoms with Gasteiger partial charge in [0.1, 0.15) is 5.75 Å². The van der Waals surface area contributed by atoms with Gasteiger partial charge in [0.15, 0.2) is 5.16 Å². The first-order chi connectivity index (χ1) is 17.0. The molecule has 9 heteroatoms. The molecule has 0 aliphatic rings. The summed E-state index contributed by atoms with van der Waals surface area (Å²) in [4.78, 5) is 31.0. The maximum absolute atomic E-state index is 13.6. The lowest BCUT2D eigenvalue weighted by molar-refractivity contribution is 0.0937. The summed E-state index contributed by atoms with van der Waals surface area (Å²) in [6.07, 6.45) is 0. The number of nitrogens with one attached hydrogen (secondary N) is 1. The molecule has 0 atom stereocenters. The number of aromatic nitrogens is 2. The summed E-state index contributed by atoms with van der Waals surface area (Å²) < 4.78 is 11.9. The minimum Gasteiger partial charge on any atom is -0.497 e. The molecule has 1 N–H and O–H groups in total. The second-order valence-electron chi connectivity index (χ2n) is 7.60. The summed E-state index contributed by atoms with van der Waals surface area (Å²) in [7, 11) is 3.15. The molecule has 180 valence electrons. The second-order valence-corrected chi connectivity index (χ2v) is 8.95. The number of benzene rings is 3. The number of hydrogen-bond acceptors (Lipinski definition) is 6. The predicted molar refractivity (Wildman–Crippen MR) is 139 cm³/mol. The van der Waals surface area contributed by atoms with Crippen molar-refractivity contribution in [3.8, 4) is 11.4 Å². The van der Waals surface area contributed by atoms with Crippen LogP contribution in [0.2, 0.25) is 5.02 Å². The second kappa shape index (κ2) is 11.4. The average Bonchev–Trinajstić information content (AvgIpc) is 2.88. The summed E-state index contributed by atoms with van der Waals surface area (Å²) in [5.74, 6) is 0.881. The van der Waals surface area contributed by atoms with E-state index in [4.69, 9.17) is 26.1 Å². The first kappa shape index (κ1) is 24.8. The lowest BCUT2D eigenvalue weighted by atomic mass is 10.1. The van der Waals surface area contributed by atoms with Crippen LogP contribution in [0.3, 0.4) is 0 Å². The van der Waals surface area contributed by atoms with Crippen molar-refractivity contribution >= 4 is 40.2 Å². The van der Waals surface area contributed by atoms with E-state index in [1.54, 1.807) is 43.1 Å². The van der Waals surface area contributed by atoms with Gasteiger partial charge in [0.2, 0.25) is 0 Å². The fourth-order valence-electron chi connectivity index (χ4n) is 3.51. The van der Waals surface area contributed by atoms with Gasteiger partial charge in [0, 0.05) is 36.1 Å². The zero-order valence-electron chi connectivity index (χ0n) is 19.3.